The van der Waals surface area contributed by atoms with Crippen molar-refractivity contribution in [2.75, 3.05) is 6.54 Å². The summed E-state index contributed by atoms with van der Waals surface area (Å²) in [6, 6.07) is 11.9. The van der Waals surface area contributed by atoms with Crippen LogP contribution in [0, 0.1) is 11.6 Å². The Kier molecular flexibility index (Phi) is 5.88. The van der Waals surface area contributed by atoms with Crippen LogP contribution in [-0.4, -0.2) is 12.6 Å². The first-order valence-electron chi connectivity index (χ1n) is 7.01. The molecule has 0 radical (unpaired) electrons. The molecule has 1 atom stereocenters. The summed E-state index contributed by atoms with van der Waals surface area (Å²) in [5.41, 5.74) is 1.27. The maximum atomic E-state index is 13.8. The first-order chi connectivity index (χ1) is 10.1. The molecule has 1 N–H and O–H groups in total. The van der Waals surface area contributed by atoms with E-state index in [1.165, 1.54) is 18.2 Å². The van der Waals surface area contributed by atoms with Gasteiger partial charge < -0.3 is 5.32 Å². The third-order valence-corrected chi connectivity index (χ3v) is 4.20. The van der Waals surface area contributed by atoms with Crippen molar-refractivity contribution in [3.63, 3.8) is 0 Å². The summed E-state index contributed by atoms with van der Waals surface area (Å²) in [5.74, 6) is -0.963. The van der Waals surface area contributed by atoms with Crippen molar-refractivity contribution in [1.29, 1.82) is 0 Å². The molecule has 2 aromatic rings. The molecule has 112 valence electrons. The molecule has 0 saturated heterocycles. The van der Waals surface area contributed by atoms with E-state index in [2.05, 4.69) is 21.2 Å². The Morgan fingerprint density at radius 1 is 1.00 bits per heavy atom. The first kappa shape index (κ1) is 16.1. The average molecular weight is 354 g/mol. The van der Waals surface area contributed by atoms with Crippen molar-refractivity contribution in [3.05, 3.63) is 69.7 Å². The van der Waals surface area contributed by atoms with E-state index in [-0.39, 0.29) is 11.6 Å². The minimum atomic E-state index is -0.481. The normalized spacial score (nSPS) is 12.4. The van der Waals surface area contributed by atoms with Crippen LogP contribution in [-0.2, 0) is 12.8 Å². The fourth-order valence-corrected chi connectivity index (χ4v) is 2.85. The zero-order valence-corrected chi connectivity index (χ0v) is 13.5. The highest BCUT2D eigenvalue weighted by Gasteiger charge is 2.16. The minimum absolute atomic E-state index is 0.0138. The summed E-state index contributed by atoms with van der Waals surface area (Å²) in [5, 5.41) is 3.31. The molecule has 0 saturated carbocycles. The average Bonchev–Trinajstić information content (AvgIpc) is 2.45. The molecule has 0 bridgehead atoms. The summed E-state index contributed by atoms with van der Waals surface area (Å²) in [4.78, 5) is 0. The van der Waals surface area contributed by atoms with Crippen LogP contribution in [0.15, 0.2) is 46.9 Å². The zero-order chi connectivity index (χ0) is 15.2. The molecule has 2 rings (SSSR count). The quantitative estimate of drug-likeness (QED) is 0.806. The smallest absolute Gasteiger partial charge is 0.129 e. The fraction of sp³-hybridized carbons (Fsp3) is 0.294. The molecule has 4 heteroatoms. The van der Waals surface area contributed by atoms with Crippen molar-refractivity contribution in [2.24, 2.45) is 0 Å². The topological polar surface area (TPSA) is 12.0 Å². The molecular formula is C17H18BrF2N. The summed E-state index contributed by atoms with van der Waals surface area (Å²) in [6.07, 6.45) is 1.04. The van der Waals surface area contributed by atoms with E-state index in [0.717, 1.165) is 16.6 Å². The maximum Gasteiger partial charge on any atom is 0.129 e. The van der Waals surface area contributed by atoms with Crippen molar-refractivity contribution in [2.45, 2.75) is 25.8 Å². The molecule has 0 fully saturated rings. The molecule has 21 heavy (non-hydrogen) atoms. The third-order valence-electron chi connectivity index (χ3n) is 3.43. The molecule has 0 aromatic heterocycles. The van der Waals surface area contributed by atoms with Gasteiger partial charge >= 0.3 is 0 Å². The Hall–Kier alpha value is -1.26. The van der Waals surface area contributed by atoms with Gasteiger partial charge in [-0.05, 0) is 43.1 Å². The third kappa shape index (κ3) is 4.35. The highest BCUT2D eigenvalue weighted by molar-refractivity contribution is 9.10. The predicted molar refractivity (Wildman–Crippen MR) is 85.4 cm³/mol. The van der Waals surface area contributed by atoms with E-state index < -0.39 is 11.6 Å². The highest BCUT2D eigenvalue weighted by Crippen LogP contribution is 2.20. The van der Waals surface area contributed by atoms with Crippen LogP contribution in [0.5, 0.6) is 0 Å². The van der Waals surface area contributed by atoms with Gasteiger partial charge in [0, 0.05) is 16.1 Å². The molecular weight excluding hydrogens is 336 g/mol. The van der Waals surface area contributed by atoms with Crippen molar-refractivity contribution >= 4 is 15.9 Å². The standard InChI is InChI=1S/C17H18BrF2N/c1-2-21-13(10-12-6-3-4-7-15(12)18)11-14-16(19)8-5-9-17(14)20/h3-9,13,21H,2,10-11H2,1H3. The van der Waals surface area contributed by atoms with E-state index in [1.54, 1.807) is 0 Å². The summed E-state index contributed by atoms with van der Waals surface area (Å²) in [6.45, 7) is 2.75. The Morgan fingerprint density at radius 2 is 1.67 bits per heavy atom. The number of benzene rings is 2. The summed E-state index contributed by atoms with van der Waals surface area (Å²) in [7, 11) is 0. The van der Waals surface area contributed by atoms with Crippen LogP contribution in [0.4, 0.5) is 8.78 Å². The molecule has 0 aliphatic heterocycles. The van der Waals surface area contributed by atoms with E-state index in [1.807, 2.05) is 31.2 Å². The summed E-state index contributed by atoms with van der Waals surface area (Å²) < 4.78 is 28.6. The van der Waals surface area contributed by atoms with Gasteiger partial charge in [0.2, 0.25) is 0 Å². The van der Waals surface area contributed by atoms with E-state index in [4.69, 9.17) is 0 Å². The highest BCUT2D eigenvalue weighted by atomic mass is 79.9. The Morgan fingerprint density at radius 3 is 2.29 bits per heavy atom. The van der Waals surface area contributed by atoms with Gasteiger partial charge in [-0.3, -0.25) is 0 Å². The van der Waals surface area contributed by atoms with Gasteiger partial charge in [-0.1, -0.05) is 47.1 Å². The number of rotatable bonds is 6. The van der Waals surface area contributed by atoms with Crippen LogP contribution < -0.4 is 5.32 Å². The SMILES string of the molecule is CCNC(Cc1ccccc1Br)Cc1c(F)cccc1F. The van der Waals surface area contributed by atoms with E-state index >= 15 is 0 Å². The minimum Gasteiger partial charge on any atom is -0.314 e. The van der Waals surface area contributed by atoms with E-state index in [0.29, 0.717) is 12.8 Å². The van der Waals surface area contributed by atoms with Gasteiger partial charge in [0.05, 0.1) is 0 Å². The molecule has 0 aliphatic carbocycles. The van der Waals surface area contributed by atoms with Crippen molar-refractivity contribution in [3.8, 4) is 0 Å². The molecule has 1 unspecified atom stereocenters. The Bertz CT molecular complexity index is 581. The number of halogens is 3. The number of hydrogen-bond donors (Lipinski definition) is 1. The van der Waals surface area contributed by atoms with E-state index in [9.17, 15) is 8.78 Å². The van der Waals surface area contributed by atoms with Gasteiger partial charge in [0.15, 0.2) is 0 Å². The lowest BCUT2D eigenvalue weighted by atomic mass is 9.98. The Balaban J connectivity index is 2.18. The second-order valence-corrected chi connectivity index (χ2v) is 5.81. The molecule has 0 amide bonds. The Labute approximate surface area is 132 Å². The second kappa shape index (κ2) is 7.66. The monoisotopic (exact) mass is 353 g/mol. The van der Waals surface area contributed by atoms with Crippen LogP contribution in [0.2, 0.25) is 0 Å². The lowest BCUT2D eigenvalue weighted by Gasteiger charge is -2.19. The maximum absolute atomic E-state index is 13.8. The van der Waals surface area contributed by atoms with Crippen LogP contribution in [0.1, 0.15) is 18.1 Å². The van der Waals surface area contributed by atoms with Gasteiger partial charge in [-0.25, -0.2) is 8.78 Å². The lowest BCUT2D eigenvalue weighted by Crippen LogP contribution is -2.33. The van der Waals surface area contributed by atoms with Crippen LogP contribution in [0.3, 0.4) is 0 Å². The fourth-order valence-electron chi connectivity index (χ4n) is 2.41. The first-order valence-corrected chi connectivity index (χ1v) is 7.80. The lowest BCUT2D eigenvalue weighted by molar-refractivity contribution is 0.484. The molecule has 0 heterocycles. The molecule has 2 aromatic carbocycles. The molecule has 1 nitrogen and oxygen atoms in total. The summed E-state index contributed by atoms with van der Waals surface area (Å²) >= 11 is 3.51. The number of hydrogen-bond acceptors (Lipinski definition) is 1. The molecule has 0 aliphatic rings. The molecule has 0 spiro atoms. The predicted octanol–water partition coefficient (Wildman–Crippen LogP) is 4.49. The van der Waals surface area contributed by atoms with Gasteiger partial charge in [-0.15, -0.1) is 0 Å². The number of likely N-dealkylation sites (N-methyl/N-ethyl adjacent to an activating group) is 1. The van der Waals surface area contributed by atoms with Crippen molar-refractivity contribution in [1.82, 2.24) is 5.32 Å². The second-order valence-electron chi connectivity index (χ2n) is 4.95. The van der Waals surface area contributed by atoms with Gasteiger partial charge in [0.25, 0.3) is 0 Å². The zero-order valence-electron chi connectivity index (χ0n) is 11.9. The van der Waals surface area contributed by atoms with Gasteiger partial charge in [0.1, 0.15) is 11.6 Å². The van der Waals surface area contributed by atoms with Crippen molar-refractivity contribution < 1.29 is 8.78 Å². The van der Waals surface area contributed by atoms with Gasteiger partial charge in [-0.2, -0.15) is 0 Å². The number of nitrogens with one attached hydrogen (secondary N) is 1. The largest absolute Gasteiger partial charge is 0.314 e. The van der Waals surface area contributed by atoms with Crippen LogP contribution >= 0.6 is 15.9 Å². The van der Waals surface area contributed by atoms with Crippen LogP contribution in [0.25, 0.3) is 0 Å².